The fourth-order valence-electron chi connectivity index (χ4n) is 4.80. The molecule has 9 heteroatoms. The first-order valence-corrected chi connectivity index (χ1v) is 11.8. The number of nitrogens with zero attached hydrogens (tertiary/aromatic N) is 5. The summed E-state index contributed by atoms with van der Waals surface area (Å²) in [4.78, 5) is 33.1. The lowest BCUT2D eigenvalue weighted by molar-refractivity contribution is -0.133. The van der Waals surface area contributed by atoms with Crippen molar-refractivity contribution in [2.24, 2.45) is 0 Å². The van der Waals surface area contributed by atoms with Gasteiger partial charge in [0.25, 0.3) is 0 Å². The lowest BCUT2D eigenvalue weighted by Crippen LogP contribution is -2.54. The third-order valence-electron chi connectivity index (χ3n) is 6.44. The van der Waals surface area contributed by atoms with Crippen LogP contribution in [0.4, 0.5) is 5.69 Å². The number of imidazole rings is 1. The van der Waals surface area contributed by atoms with Gasteiger partial charge in [0.15, 0.2) is 0 Å². The number of aromatic amines is 1. The van der Waals surface area contributed by atoms with E-state index in [9.17, 15) is 9.90 Å². The summed E-state index contributed by atoms with van der Waals surface area (Å²) in [5.41, 5.74) is 2.59. The predicted octanol–water partition coefficient (Wildman–Crippen LogP) is 3.58. The maximum absolute atomic E-state index is 12.8. The van der Waals surface area contributed by atoms with E-state index in [0.717, 1.165) is 46.4 Å². The van der Waals surface area contributed by atoms with E-state index in [-0.39, 0.29) is 12.5 Å². The number of nitrogens with one attached hydrogen (secondary N) is 1. The lowest BCUT2D eigenvalue weighted by atomic mass is 9.91. The van der Waals surface area contributed by atoms with E-state index in [1.54, 1.807) is 30.4 Å². The van der Waals surface area contributed by atoms with Gasteiger partial charge in [-0.1, -0.05) is 11.6 Å². The van der Waals surface area contributed by atoms with E-state index in [4.69, 9.17) is 11.6 Å². The number of aryl methyl sites for hydroxylation is 1. The van der Waals surface area contributed by atoms with Crippen LogP contribution in [0.1, 0.15) is 25.1 Å². The number of likely N-dealkylation sites (N-methyl/N-ethyl adjacent to an activating group) is 1. The van der Waals surface area contributed by atoms with E-state index in [2.05, 4.69) is 24.8 Å². The summed E-state index contributed by atoms with van der Waals surface area (Å²) >= 11 is 6.04. The summed E-state index contributed by atoms with van der Waals surface area (Å²) in [7, 11) is 1.75. The molecule has 2 N–H and O–H groups in total. The van der Waals surface area contributed by atoms with E-state index >= 15 is 0 Å². The molecule has 176 valence electrons. The second-order valence-electron chi connectivity index (χ2n) is 9.07. The van der Waals surface area contributed by atoms with Crippen LogP contribution in [-0.2, 0) is 11.2 Å². The highest BCUT2D eigenvalue weighted by Gasteiger charge is 2.36. The van der Waals surface area contributed by atoms with Crippen LogP contribution in [0.5, 0.6) is 0 Å². The number of aromatic nitrogens is 4. The van der Waals surface area contributed by atoms with Crippen molar-refractivity contribution in [2.75, 3.05) is 31.6 Å². The molecule has 1 amide bonds. The number of β-amino-alcohol motifs (C(OH)–C–C–N with tert-alkyl or cyclic N) is 1. The SMILES string of the molecule is CN(CC1(O)CCCN(c2ccnc3ccncc23)C1)C(=O)CCc1nc2ccc(Cl)cc2[nH]1. The molecular weight excluding hydrogens is 452 g/mol. The van der Waals surface area contributed by atoms with Crippen molar-refractivity contribution in [2.45, 2.75) is 31.3 Å². The number of halogens is 1. The Morgan fingerprint density at radius 1 is 1.26 bits per heavy atom. The Hall–Kier alpha value is -3.23. The molecule has 0 spiro atoms. The van der Waals surface area contributed by atoms with Crippen LogP contribution in [0.25, 0.3) is 21.9 Å². The van der Waals surface area contributed by atoms with Gasteiger partial charge in [0.1, 0.15) is 5.82 Å². The van der Waals surface area contributed by atoms with Gasteiger partial charge in [-0.25, -0.2) is 4.98 Å². The molecule has 4 heterocycles. The maximum atomic E-state index is 12.8. The normalized spacial score (nSPS) is 18.5. The second-order valence-corrected chi connectivity index (χ2v) is 9.50. The topological polar surface area (TPSA) is 98.2 Å². The average Bonchev–Trinajstić information content (AvgIpc) is 3.24. The summed E-state index contributed by atoms with van der Waals surface area (Å²) in [6.07, 6.45) is 7.62. The molecule has 0 aliphatic carbocycles. The molecule has 34 heavy (non-hydrogen) atoms. The molecule has 1 fully saturated rings. The molecular formula is C25H27ClN6O2. The Labute approximate surface area is 202 Å². The van der Waals surface area contributed by atoms with Gasteiger partial charge in [-0.15, -0.1) is 0 Å². The van der Waals surface area contributed by atoms with E-state index < -0.39 is 5.60 Å². The van der Waals surface area contributed by atoms with E-state index in [1.165, 1.54) is 0 Å². The number of piperidine rings is 1. The minimum absolute atomic E-state index is 0.0254. The third-order valence-corrected chi connectivity index (χ3v) is 6.68. The number of H-pyrrole nitrogens is 1. The van der Waals surface area contributed by atoms with Gasteiger partial charge in [-0.05, 0) is 43.2 Å². The van der Waals surface area contributed by atoms with E-state index in [1.807, 2.05) is 30.5 Å². The number of carbonyl (C=O) groups excluding carboxylic acids is 1. The van der Waals surface area contributed by atoms with Crippen LogP contribution in [0, 0.1) is 0 Å². The van der Waals surface area contributed by atoms with Crippen LogP contribution in [0.15, 0.2) is 48.9 Å². The number of hydrogen-bond acceptors (Lipinski definition) is 6. The van der Waals surface area contributed by atoms with Crippen molar-refractivity contribution in [1.82, 2.24) is 24.8 Å². The highest BCUT2D eigenvalue weighted by atomic mass is 35.5. The van der Waals surface area contributed by atoms with Crippen molar-refractivity contribution in [3.8, 4) is 0 Å². The highest BCUT2D eigenvalue weighted by molar-refractivity contribution is 6.31. The van der Waals surface area contributed by atoms with E-state index in [0.29, 0.717) is 30.8 Å². The predicted molar refractivity (Wildman–Crippen MR) is 133 cm³/mol. The second kappa shape index (κ2) is 9.19. The summed E-state index contributed by atoms with van der Waals surface area (Å²) < 4.78 is 0. The number of fused-ring (bicyclic) bond motifs is 2. The van der Waals surface area contributed by atoms with Crippen LogP contribution in [-0.4, -0.2) is 68.1 Å². The molecule has 1 aromatic carbocycles. The number of benzene rings is 1. The number of pyridine rings is 2. The summed E-state index contributed by atoms with van der Waals surface area (Å²) in [6.45, 7) is 1.56. The molecule has 0 saturated carbocycles. The van der Waals surface area contributed by atoms with Gasteiger partial charge in [0.2, 0.25) is 5.91 Å². The lowest BCUT2D eigenvalue weighted by Gasteiger charge is -2.42. The maximum Gasteiger partial charge on any atom is 0.222 e. The summed E-state index contributed by atoms with van der Waals surface area (Å²) in [5.74, 6) is 0.724. The molecule has 1 atom stereocenters. The highest BCUT2D eigenvalue weighted by Crippen LogP contribution is 2.31. The molecule has 0 radical (unpaired) electrons. The van der Waals surface area contributed by atoms with Gasteiger partial charge >= 0.3 is 0 Å². The van der Waals surface area contributed by atoms with Gasteiger partial charge in [0.05, 0.1) is 28.7 Å². The zero-order valence-corrected chi connectivity index (χ0v) is 19.8. The first kappa shape index (κ1) is 22.6. The van der Waals surface area contributed by atoms with Gasteiger partial charge < -0.3 is 19.9 Å². The zero-order valence-electron chi connectivity index (χ0n) is 19.0. The quantitative estimate of drug-likeness (QED) is 0.439. The summed E-state index contributed by atoms with van der Waals surface area (Å²) in [5, 5.41) is 13.0. The molecule has 8 nitrogen and oxygen atoms in total. The standard InChI is InChI=1S/C25H27ClN6O2/c1-31(24(33)6-5-23-29-20-4-3-17(26)13-21(20)30-23)15-25(34)9-2-12-32(16-25)22-8-11-28-19-7-10-27-14-18(19)22/h3-4,7-8,10-11,13-14,34H,2,5-6,9,12,15-16H2,1H3,(H,29,30). The van der Waals surface area contributed by atoms with Crippen molar-refractivity contribution in [3.63, 3.8) is 0 Å². The first-order chi connectivity index (χ1) is 16.4. The zero-order chi connectivity index (χ0) is 23.7. The van der Waals surface area contributed by atoms with Crippen molar-refractivity contribution in [1.29, 1.82) is 0 Å². The smallest absolute Gasteiger partial charge is 0.222 e. The fourth-order valence-corrected chi connectivity index (χ4v) is 4.97. The Balaban J connectivity index is 1.23. The van der Waals surface area contributed by atoms with Crippen molar-refractivity contribution >= 4 is 45.1 Å². The number of aliphatic hydroxyl groups is 1. The molecule has 1 aliphatic rings. The number of carbonyl (C=O) groups is 1. The van der Waals surface area contributed by atoms with Crippen LogP contribution in [0.2, 0.25) is 5.02 Å². The number of hydrogen-bond donors (Lipinski definition) is 2. The van der Waals surface area contributed by atoms with Gasteiger partial charge in [-0.3, -0.25) is 14.8 Å². The van der Waals surface area contributed by atoms with Crippen molar-refractivity contribution < 1.29 is 9.90 Å². The number of anilines is 1. The number of rotatable bonds is 6. The Morgan fingerprint density at radius 2 is 2.15 bits per heavy atom. The molecule has 3 aromatic heterocycles. The molecule has 0 bridgehead atoms. The monoisotopic (exact) mass is 478 g/mol. The van der Waals surface area contributed by atoms with Crippen molar-refractivity contribution in [3.05, 3.63) is 59.8 Å². The Kier molecular flexibility index (Phi) is 6.10. The average molecular weight is 479 g/mol. The van der Waals surface area contributed by atoms with Gasteiger partial charge in [-0.2, -0.15) is 0 Å². The Morgan fingerprint density at radius 3 is 3.03 bits per heavy atom. The molecule has 1 saturated heterocycles. The van der Waals surface area contributed by atoms with Gasteiger partial charge in [0, 0.05) is 67.7 Å². The Bertz CT molecular complexity index is 1340. The molecule has 1 unspecified atom stereocenters. The fraction of sp³-hybridized carbons (Fsp3) is 0.360. The van der Waals surface area contributed by atoms with Crippen LogP contribution < -0.4 is 4.90 Å². The largest absolute Gasteiger partial charge is 0.386 e. The third kappa shape index (κ3) is 4.69. The molecule has 4 aromatic rings. The molecule has 1 aliphatic heterocycles. The first-order valence-electron chi connectivity index (χ1n) is 11.4. The number of amides is 1. The van der Waals surface area contributed by atoms with Crippen LogP contribution in [0.3, 0.4) is 0 Å². The summed E-state index contributed by atoms with van der Waals surface area (Å²) in [6, 6.07) is 9.34. The van der Waals surface area contributed by atoms with Crippen LogP contribution >= 0.6 is 11.6 Å². The minimum atomic E-state index is -0.990. The minimum Gasteiger partial charge on any atom is -0.386 e. The molecule has 5 rings (SSSR count).